The van der Waals surface area contributed by atoms with Crippen molar-refractivity contribution in [1.82, 2.24) is 20.5 Å². The molecule has 2 aromatic heterocycles. The molecule has 3 heterocycles. The number of anilines is 2. The fourth-order valence-electron chi connectivity index (χ4n) is 4.13. The second kappa shape index (κ2) is 9.20. The highest BCUT2D eigenvalue weighted by atomic mass is 19.1. The predicted octanol–water partition coefficient (Wildman–Crippen LogP) is 3.42. The molecule has 7 nitrogen and oxygen atoms in total. The number of aromatic nitrogens is 3. The minimum atomic E-state index is -0.272. The number of amides is 1. The third-order valence-corrected chi connectivity index (χ3v) is 5.86. The summed E-state index contributed by atoms with van der Waals surface area (Å²) in [6.07, 6.45) is 3.38. The number of piperazine rings is 1. The number of fused-ring (bicyclic) bond motifs is 1. The molecule has 1 fully saturated rings. The largest absolute Gasteiger partial charge is 0.366 e. The Bertz CT molecular complexity index is 1270. The average molecular weight is 442 g/mol. The number of hydrogen-bond donors (Lipinski definition) is 1. The molecule has 0 unspecified atom stereocenters. The van der Waals surface area contributed by atoms with E-state index in [1.165, 1.54) is 6.07 Å². The van der Waals surface area contributed by atoms with Gasteiger partial charge in [0.1, 0.15) is 5.82 Å². The minimum absolute atomic E-state index is 0.210. The average Bonchev–Trinajstić information content (AvgIpc) is 2.88. The van der Waals surface area contributed by atoms with E-state index in [0.29, 0.717) is 44.1 Å². The number of nitrogens with one attached hydrogen (secondary N) is 1. The first-order valence-electron chi connectivity index (χ1n) is 10.9. The molecule has 5 rings (SSSR count). The van der Waals surface area contributed by atoms with Crippen LogP contribution in [0.15, 0.2) is 73.1 Å². The first-order valence-corrected chi connectivity index (χ1v) is 10.9. The van der Waals surface area contributed by atoms with Gasteiger partial charge in [0.15, 0.2) is 11.5 Å². The fourth-order valence-corrected chi connectivity index (χ4v) is 4.13. The van der Waals surface area contributed by atoms with Crippen LogP contribution in [0.5, 0.6) is 0 Å². The maximum absolute atomic E-state index is 14.2. The van der Waals surface area contributed by atoms with Gasteiger partial charge in [0.25, 0.3) is 5.91 Å². The van der Waals surface area contributed by atoms with Gasteiger partial charge >= 0.3 is 0 Å². The number of hydrogen-bond acceptors (Lipinski definition) is 6. The zero-order chi connectivity index (χ0) is 22.6. The van der Waals surface area contributed by atoms with Crippen LogP contribution in [0.4, 0.5) is 15.9 Å². The van der Waals surface area contributed by atoms with Crippen LogP contribution >= 0.6 is 0 Å². The molecule has 0 radical (unpaired) electrons. The Balaban J connectivity index is 1.35. The summed E-state index contributed by atoms with van der Waals surface area (Å²) in [5.74, 6) is 0.259. The molecule has 0 aliphatic carbocycles. The van der Waals surface area contributed by atoms with Gasteiger partial charge in [-0.1, -0.05) is 36.4 Å². The topological polar surface area (TPSA) is 74.2 Å². The third kappa shape index (κ3) is 4.32. The van der Waals surface area contributed by atoms with Crippen LogP contribution in [0.1, 0.15) is 16.1 Å². The van der Waals surface area contributed by atoms with E-state index >= 15 is 0 Å². The minimum Gasteiger partial charge on any atom is -0.366 e. The normalized spacial score (nSPS) is 13.8. The molecule has 166 valence electrons. The number of carbonyl (C=O) groups is 1. The maximum Gasteiger partial charge on any atom is 0.272 e. The number of rotatable bonds is 5. The van der Waals surface area contributed by atoms with Gasteiger partial charge in [-0.15, -0.1) is 10.2 Å². The van der Waals surface area contributed by atoms with Gasteiger partial charge in [0, 0.05) is 55.9 Å². The highest BCUT2D eigenvalue weighted by Crippen LogP contribution is 2.28. The summed E-state index contributed by atoms with van der Waals surface area (Å²) in [7, 11) is 0. The van der Waals surface area contributed by atoms with E-state index < -0.39 is 0 Å². The predicted molar refractivity (Wildman–Crippen MR) is 126 cm³/mol. The lowest BCUT2D eigenvalue weighted by atomic mass is 10.1. The van der Waals surface area contributed by atoms with Crippen molar-refractivity contribution in [3.05, 3.63) is 90.1 Å². The van der Waals surface area contributed by atoms with Gasteiger partial charge in [-0.2, -0.15) is 0 Å². The molecule has 0 spiro atoms. The highest BCUT2D eigenvalue weighted by molar-refractivity contribution is 6.07. The van der Waals surface area contributed by atoms with E-state index in [1.54, 1.807) is 24.5 Å². The number of para-hydroxylation sites is 1. The first kappa shape index (κ1) is 20.8. The van der Waals surface area contributed by atoms with E-state index in [2.05, 4.69) is 25.4 Å². The number of benzene rings is 2. The number of nitrogens with zero attached hydrogens (tertiary/aromatic N) is 5. The van der Waals surface area contributed by atoms with Crippen molar-refractivity contribution >= 4 is 28.2 Å². The molecule has 0 atom stereocenters. The number of halogens is 1. The molecule has 4 aromatic rings. The molecule has 1 N–H and O–H groups in total. The molecule has 1 saturated heterocycles. The van der Waals surface area contributed by atoms with Crippen molar-refractivity contribution in [2.75, 3.05) is 36.0 Å². The quantitative estimate of drug-likeness (QED) is 0.511. The van der Waals surface area contributed by atoms with Crippen molar-refractivity contribution < 1.29 is 9.18 Å². The molecule has 1 aliphatic rings. The molecule has 1 aliphatic heterocycles. The van der Waals surface area contributed by atoms with Gasteiger partial charge in [-0.05, 0) is 29.8 Å². The van der Waals surface area contributed by atoms with Crippen molar-refractivity contribution in [3.63, 3.8) is 0 Å². The van der Waals surface area contributed by atoms with Gasteiger partial charge in [-0.3, -0.25) is 9.78 Å². The van der Waals surface area contributed by atoms with Crippen LogP contribution in [0.25, 0.3) is 10.8 Å². The third-order valence-electron chi connectivity index (χ3n) is 5.86. The Kier molecular flexibility index (Phi) is 5.80. The van der Waals surface area contributed by atoms with E-state index in [-0.39, 0.29) is 11.7 Å². The molecular weight excluding hydrogens is 419 g/mol. The Morgan fingerprint density at radius 3 is 2.27 bits per heavy atom. The fraction of sp³-hybridized carbons (Fsp3) is 0.200. The van der Waals surface area contributed by atoms with Crippen LogP contribution in [0, 0.1) is 5.82 Å². The van der Waals surface area contributed by atoms with E-state index in [9.17, 15) is 9.18 Å². The van der Waals surface area contributed by atoms with E-state index in [1.807, 2.05) is 47.4 Å². The Hall–Kier alpha value is -4.07. The van der Waals surface area contributed by atoms with Crippen molar-refractivity contribution in [1.29, 1.82) is 0 Å². The smallest absolute Gasteiger partial charge is 0.272 e. The van der Waals surface area contributed by atoms with Gasteiger partial charge in [-0.25, -0.2) is 4.39 Å². The Morgan fingerprint density at radius 2 is 1.52 bits per heavy atom. The van der Waals surface area contributed by atoms with Gasteiger partial charge < -0.3 is 15.1 Å². The van der Waals surface area contributed by atoms with Gasteiger partial charge in [0.05, 0.1) is 5.69 Å². The van der Waals surface area contributed by atoms with Crippen LogP contribution < -0.4 is 15.1 Å². The zero-order valence-corrected chi connectivity index (χ0v) is 18.0. The van der Waals surface area contributed by atoms with Crippen molar-refractivity contribution in [2.45, 2.75) is 6.54 Å². The van der Waals surface area contributed by atoms with Crippen molar-refractivity contribution in [3.8, 4) is 0 Å². The molecule has 33 heavy (non-hydrogen) atoms. The molecule has 0 saturated carbocycles. The summed E-state index contributed by atoms with van der Waals surface area (Å²) in [6.45, 7) is 3.09. The zero-order valence-electron chi connectivity index (χ0n) is 18.0. The van der Waals surface area contributed by atoms with Crippen molar-refractivity contribution in [2.24, 2.45) is 0 Å². The number of carbonyl (C=O) groups excluding carboxylic acids is 1. The van der Waals surface area contributed by atoms with Crippen LogP contribution in [-0.4, -0.2) is 47.3 Å². The maximum atomic E-state index is 14.2. The van der Waals surface area contributed by atoms with Gasteiger partial charge in [0.2, 0.25) is 0 Å². The Labute approximate surface area is 190 Å². The lowest BCUT2D eigenvalue weighted by Crippen LogP contribution is -2.47. The molecular formula is C25H23FN6O. The summed E-state index contributed by atoms with van der Waals surface area (Å²) in [5.41, 5.74) is 1.88. The standard InChI is InChI=1S/C25H23FN6O/c26-21-7-3-4-8-22(21)31-13-15-32(16-14-31)24-20-6-2-1-5-19(20)23(29-30-24)25(33)28-17-18-9-11-27-12-10-18/h1-12H,13-17H2,(H,28,33). The first-order chi connectivity index (χ1) is 16.2. The second-order valence-electron chi connectivity index (χ2n) is 7.88. The lowest BCUT2D eigenvalue weighted by molar-refractivity contribution is 0.0947. The molecule has 2 aromatic carbocycles. The second-order valence-corrected chi connectivity index (χ2v) is 7.88. The molecule has 0 bridgehead atoms. The van der Waals surface area contributed by atoms with Crippen LogP contribution in [-0.2, 0) is 6.54 Å². The molecule has 1 amide bonds. The van der Waals surface area contributed by atoms with E-state index in [0.717, 1.165) is 22.2 Å². The van der Waals surface area contributed by atoms with Crippen LogP contribution in [0.3, 0.4) is 0 Å². The monoisotopic (exact) mass is 442 g/mol. The summed E-state index contributed by atoms with van der Waals surface area (Å²) >= 11 is 0. The van der Waals surface area contributed by atoms with Crippen LogP contribution in [0.2, 0.25) is 0 Å². The summed E-state index contributed by atoms with van der Waals surface area (Å²) < 4.78 is 14.2. The Morgan fingerprint density at radius 1 is 0.848 bits per heavy atom. The van der Waals surface area contributed by atoms with E-state index in [4.69, 9.17) is 0 Å². The SMILES string of the molecule is O=C(NCc1ccncc1)c1nnc(N2CCN(c3ccccc3F)CC2)c2ccccc12. The summed E-state index contributed by atoms with van der Waals surface area (Å²) in [6, 6.07) is 18.2. The molecule has 8 heteroatoms. The highest BCUT2D eigenvalue weighted by Gasteiger charge is 2.23. The summed E-state index contributed by atoms with van der Waals surface area (Å²) in [5, 5.41) is 13.3. The number of pyridine rings is 1. The summed E-state index contributed by atoms with van der Waals surface area (Å²) in [4.78, 5) is 21.0. The lowest BCUT2D eigenvalue weighted by Gasteiger charge is -2.37.